The maximum absolute atomic E-state index is 8.80. The summed E-state index contributed by atoms with van der Waals surface area (Å²) >= 11 is 0. The molecule has 0 aliphatic carbocycles. The molecule has 0 atom stereocenters. The fourth-order valence-electron chi connectivity index (χ4n) is 1.59. The number of aromatic nitrogens is 4. The smallest absolute Gasteiger partial charge is 0.237 e. The van der Waals surface area contributed by atoms with Gasteiger partial charge in [0.1, 0.15) is 5.69 Å². The molecule has 2 heterocycles. The number of rotatable bonds is 7. The van der Waals surface area contributed by atoms with Crippen molar-refractivity contribution >= 4 is 5.69 Å². The number of hydrogen-bond acceptors (Lipinski definition) is 6. The van der Waals surface area contributed by atoms with Crippen molar-refractivity contribution in [2.75, 3.05) is 18.5 Å². The summed E-state index contributed by atoms with van der Waals surface area (Å²) in [6.07, 6.45) is 3.48. The molecule has 7 heteroatoms. The number of nitrogens with one attached hydrogen (secondary N) is 1. The highest BCUT2D eigenvalue weighted by atomic mass is 16.5. The second-order valence-corrected chi connectivity index (χ2v) is 3.84. The van der Waals surface area contributed by atoms with Gasteiger partial charge < -0.3 is 15.2 Å². The highest BCUT2D eigenvalue weighted by molar-refractivity contribution is 5.52. The van der Waals surface area contributed by atoms with Gasteiger partial charge >= 0.3 is 0 Å². The van der Waals surface area contributed by atoms with Gasteiger partial charge in [0.25, 0.3) is 0 Å². The van der Waals surface area contributed by atoms with E-state index in [0.29, 0.717) is 25.6 Å². The van der Waals surface area contributed by atoms with Crippen molar-refractivity contribution in [3.63, 3.8) is 0 Å². The summed E-state index contributed by atoms with van der Waals surface area (Å²) in [5, 5.41) is 19.9. The highest BCUT2D eigenvalue weighted by Gasteiger charge is 2.05. The van der Waals surface area contributed by atoms with Crippen molar-refractivity contribution in [2.24, 2.45) is 0 Å². The lowest BCUT2D eigenvalue weighted by molar-refractivity contribution is 0.268. The molecule has 0 radical (unpaired) electrons. The van der Waals surface area contributed by atoms with Gasteiger partial charge in [0.15, 0.2) is 0 Å². The first-order valence-electron chi connectivity index (χ1n) is 6.15. The van der Waals surface area contributed by atoms with Gasteiger partial charge in [-0.05, 0) is 19.1 Å². The average molecular weight is 263 g/mol. The van der Waals surface area contributed by atoms with Crippen LogP contribution >= 0.6 is 0 Å². The van der Waals surface area contributed by atoms with Crippen LogP contribution in [-0.2, 0) is 13.1 Å². The Balaban J connectivity index is 1.97. The topological polar surface area (TPSA) is 85.1 Å². The molecule has 0 saturated carbocycles. The Labute approximate surface area is 111 Å². The van der Waals surface area contributed by atoms with Gasteiger partial charge in [0, 0.05) is 6.20 Å². The van der Waals surface area contributed by atoms with Crippen molar-refractivity contribution in [3.8, 4) is 5.88 Å². The largest absolute Gasteiger partial charge is 0.476 e. The first-order chi connectivity index (χ1) is 9.33. The fraction of sp³-hybridized carbons (Fsp3) is 0.417. The number of aliphatic hydroxyl groups excluding tert-OH is 1. The molecule has 2 aromatic heterocycles. The zero-order valence-corrected chi connectivity index (χ0v) is 10.8. The normalized spacial score (nSPS) is 10.4. The van der Waals surface area contributed by atoms with Gasteiger partial charge in [-0.15, -0.1) is 5.10 Å². The molecule has 0 saturated heterocycles. The molecule has 0 spiro atoms. The van der Waals surface area contributed by atoms with E-state index in [4.69, 9.17) is 9.84 Å². The lowest BCUT2D eigenvalue weighted by Crippen LogP contribution is -2.04. The van der Waals surface area contributed by atoms with Gasteiger partial charge in [-0.1, -0.05) is 5.21 Å². The molecule has 0 aliphatic heterocycles. The highest BCUT2D eigenvalue weighted by Crippen LogP contribution is 2.20. The maximum Gasteiger partial charge on any atom is 0.237 e. The van der Waals surface area contributed by atoms with Crippen LogP contribution in [0.25, 0.3) is 0 Å². The third-order valence-corrected chi connectivity index (χ3v) is 2.43. The summed E-state index contributed by atoms with van der Waals surface area (Å²) < 4.78 is 7.02. The van der Waals surface area contributed by atoms with Gasteiger partial charge in [-0.2, -0.15) is 0 Å². The van der Waals surface area contributed by atoms with Gasteiger partial charge in [-0.3, -0.25) is 0 Å². The van der Waals surface area contributed by atoms with E-state index >= 15 is 0 Å². The van der Waals surface area contributed by atoms with Gasteiger partial charge in [0.2, 0.25) is 5.88 Å². The predicted octanol–water partition coefficient (Wildman–Crippen LogP) is 0.676. The van der Waals surface area contributed by atoms with Crippen LogP contribution < -0.4 is 10.1 Å². The number of anilines is 1. The van der Waals surface area contributed by atoms with Crippen LogP contribution in [0.3, 0.4) is 0 Å². The number of hydrogen-bond donors (Lipinski definition) is 2. The Morgan fingerprint density at radius 3 is 3.16 bits per heavy atom. The van der Waals surface area contributed by atoms with E-state index in [1.807, 2.05) is 19.1 Å². The fourth-order valence-corrected chi connectivity index (χ4v) is 1.59. The molecule has 0 aliphatic rings. The molecule has 102 valence electrons. The lowest BCUT2D eigenvalue weighted by Gasteiger charge is -2.09. The first kappa shape index (κ1) is 13.3. The molecular weight excluding hydrogens is 246 g/mol. The molecule has 0 aromatic carbocycles. The first-order valence-corrected chi connectivity index (χ1v) is 6.15. The third kappa shape index (κ3) is 3.65. The van der Waals surface area contributed by atoms with E-state index in [2.05, 4.69) is 20.6 Å². The summed E-state index contributed by atoms with van der Waals surface area (Å²) in [6.45, 7) is 3.51. The number of nitrogens with zero attached hydrogens (tertiary/aromatic N) is 4. The second-order valence-electron chi connectivity index (χ2n) is 3.84. The van der Waals surface area contributed by atoms with Crippen molar-refractivity contribution in [1.29, 1.82) is 0 Å². The number of aliphatic hydroxyl groups is 1. The minimum atomic E-state index is 0.0489. The molecule has 0 unspecified atom stereocenters. The minimum absolute atomic E-state index is 0.0489. The van der Waals surface area contributed by atoms with Crippen molar-refractivity contribution < 1.29 is 9.84 Å². The molecular formula is C12H17N5O2. The number of ether oxygens (including phenoxy) is 1. The Morgan fingerprint density at radius 2 is 2.37 bits per heavy atom. The maximum atomic E-state index is 8.80. The minimum Gasteiger partial charge on any atom is -0.476 e. The molecule has 2 aromatic rings. The monoisotopic (exact) mass is 263 g/mol. The molecule has 2 N–H and O–H groups in total. The van der Waals surface area contributed by atoms with E-state index in [-0.39, 0.29) is 6.61 Å². The summed E-state index contributed by atoms with van der Waals surface area (Å²) in [5.74, 6) is 0.577. The number of pyridine rings is 1. The van der Waals surface area contributed by atoms with E-state index in [1.165, 1.54) is 0 Å². The molecule has 7 nitrogen and oxygen atoms in total. The predicted molar refractivity (Wildman–Crippen MR) is 69.8 cm³/mol. The SMILES string of the molecule is CCOc1ncccc1NCc1cn(CCO)nn1. The quantitative estimate of drug-likeness (QED) is 0.764. The Kier molecular flexibility index (Phi) is 4.68. The van der Waals surface area contributed by atoms with E-state index in [9.17, 15) is 0 Å². The van der Waals surface area contributed by atoms with Crippen LogP contribution in [0, 0.1) is 0 Å². The lowest BCUT2D eigenvalue weighted by atomic mass is 10.3. The zero-order chi connectivity index (χ0) is 13.5. The van der Waals surface area contributed by atoms with Crippen molar-refractivity contribution in [3.05, 3.63) is 30.2 Å². The standard InChI is InChI=1S/C12H17N5O2/c1-2-19-12-11(4-3-5-13-12)14-8-10-9-17(6-7-18)16-15-10/h3-5,9,14,18H,2,6-8H2,1H3. The van der Waals surface area contributed by atoms with E-state index in [1.54, 1.807) is 17.1 Å². The Hall–Kier alpha value is -2.15. The van der Waals surface area contributed by atoms with Crippen LogP contribution in [0.4, 0.5) is 5.69 Å². The molecule has 2 rings (SSSR count). The van der Waals surface area contributed by atoms with E-state index < -0.39 is 0 Å². The Bertz CT molecular complexity index is 514. The van der Waals surface area contributed by atoms with Gasteiger partial charge in [-0.25, -0.2) is 9.67 Å². The van der Waals surface area contributed by atoms with Crippen LogP contribution in [0.1, 0.15) is 12.6 Å². The van der Waals surface area contributed by atoms with Crippen molar-refractivity contribution in [1.82, 2.24) is 20.0 Å². The molecule has 0 fully saturated rings. The molecule has 19 heavy (non-hydrogen) atoms. The molecule has 0 bridgehead atoms. The van der Waals surface area contributed by atoms with Crippen LogP contribution in [-0.4, -0.2) is 38.3 Å². The van der Waals surface area contributed by atoms with E-state index in [0.717, 1.165) is 11.4 Å². The Morgan fingerprint density at radius 1 is 1.47 bits per heavy atom. The summed E-state index contributed by atoms with van der Waals surface area (Å²) in [5.41, 5.74) is 1.61. The van der Waals surface area contributed by atoms with Crippen LogP contribution in [0.15, 0.2) is 24.5 Å². The van der Waals surface area contributed by atoms with Crippen LogP contribution in [0.5, 0.6) is 5.88 Å². The molecule has 0 amide bonds. The van der Waals surface area contributed by atoms with Crippen LogP contribution in [0.2, 0.25) is 0 Å². The third-order valence-electron chi connectivity index (χ3n) is 2.43. The summed E-state index contributed by atoms with van der Waals surface area (Å²) in [7, 11) is 0. The summed E-state index contributed by atoms with van der Waals surface area (Å²) in [6, 6.07) is 3.74. The van der Waals surface area contributed by atoms with Gasteiger partial charge in [0.05, 0.1) is 38.2 Å². The average Bonchev–Trinajstić information content (AvgIpc) is 2.86. The zero-order valence-electron chi connectivity index (χ0n) is 10.8. The second kappa shape index (κ2) is 6.69. The summed E-state index contributed by atoms with van der Waals surface area (Å²) in [4.78, 5) is 4.16. The van der Waals surface area contributed by atoms with Crippen molar-refractivity contribution in [2.45, 2.75) is 20.0 Å².